The van der Waals surface area contributed by atoms with Crippen molar-refractivity contribution >= 4 is 11.7 Å². The fourth-order valence-corrected chi connectivity index (χ4v) is 2.29. The number of ether oxygens (including phenoxy) is 1. The Bertz CT molecular complexity index is 813. The van der Waals surface area contributed by atoms with Gasteiger partial charge in [-0.05, 0) is 48.9 Å². The van der Waals surface area contributed by atoms with Gasteiger partial charge in [-0.25, -0.2) is 4.79 Å². The predicted octanol–water partition coefficient (Wildman–Crippen LogP) is 5.11. The van der Waals surface area contributed by atoms with Gasteiger partial charge in [-0.3, -0.25) is 0 Å². The van der Waals surface area contributed by atoms with Crippen LogP contribution in [0.2, 0.25) is 0 Å². The number of rotatable bonds is 5. The van der Waals surface area contributed by atoms with E-state index < -0.39 is 0 Å². The predicted molar refractivity (Wildman–Crippen MR) is 100.0 cm³/mol. The number of amides is 2. The van der Waals surface area contributed by atoms with E-state index in [0.717, 1.165) is 28.3 Å². The van der Waals surface area contributed by atoms with Crippen molar-refractivity contribution in [3.63, 3.8) is 0 Å². The summed E-state index contributed by atoms with van der Waals surface area (Å²) in [5.41, 5.74) is 2.93. The zero-order valence-corrected chi connectivity index (χ0v) is 14.0. The largest absolute Gasteiger partial charge is 0.457 e. The van der Waals surface area contributed by atoms with Gasteiger partial charge in [-0.2, -0.15) is 0 Å². The summed E-state index contributed by atoms with van der Waals surface area (Å²) >= 11 is 0. The highest BCUT2D eigenvalue weighted by atomic mass is 16.5. The average molecular weight is 332 g/mol. The molecule has 126 valence electrons. The van der Waals surface area contributed by atoms with Crippen LogP contribution in [-0.2, 0) is 6.54 Å². The van der Waals surface area contributed by atoms with Crippen molar-refractivity contribution in [2.45, 2.75) is 13.5 Å². The van der Waals surface area contributed by atoms with Gasteiger partial charge in [0.1, 0.15) is 11.5 Å². The Morgan fingerprint density at radius 3 is 2.16 bits per heavy atom. The molecule has 0 radical (unpaired) electrons. The number of hydrogen-bond acceptors (Lipinski definition) is 2. The van der Waals surface area contributed by atoms with E-state index in [-0.39, 0.29) is 6.03 Å². The van der Waals surface area contributed by atoms with Crippen LogP contribution in [0.3, 0.4) is 0 Å². The molecule has 0 aliphatic rings. The highest BCUT2D eigenvalue weighted by Gasteiger charge is 2.02. The van der Waals surface area contributed by atoms with Crippen molar-refractivity contribution in [2.24, 2.45) is 0 Å². The van der Waals surface area contributed by atoms with E-state index >= 15 is 0 Å². The maximum Gasteiger partial charge on any atom is 0.319 e. The van der Waals surface area contributed by atoms with E-state index in [4.69, 9.17) is 4.74 Å². The highest BCUT2D eigenvalue weighted by Crippen LogP contribution is 2.21. The van der Waals surface area contributed by atoms with Crippen LogP contribution in [0.1, 0.15) is 11.1 Å². The van der Waals surface area contributed by atoms with E-state index in [1.807, 2.05) is 85.8 Å². The maximum atomic E-state index is 11.9. The van der Waals surface area contributed by atoms with Crippen molar-refractivity contribution in [1.29, 1.82) is 0 Å². The molecule has 0 saturated heterocycles. The number of carbonyl (C=O) groups is 1. The first-order valence-corrected chi connectivity index (χ1v) is 8.12. The third kappa shape index (κ3) is 5.11. The van der Waals surface area contributed by atoms with Crippen LogP contribution < -0.4 is 15.4 Å². The second-order valence-electron chi connectivity index (χ2n) is 5.73. The Hall–Kier alpha value is -3.27. The molecule has 3 rings (SSSR count). The number of anilines is 1. The van der Waals surface area contributed by atoms with Crippen molar-refractivity contribution in [2.75, 3.05) is 5.32 Å². The Labute approximate surface area is 147 Å². The summed E-state index contributed by atoms with van der Waals surface area (Å²) in [4.78, 5) is 11.9. The van der Waals surface area contributed by atoms with E-state index in [9.17, 15) is 4.79 Å². The van der Waals surface area contributed by atoms with E-state index in [0.29, 0.717) is 6.54 Å². The first-order chi connectivity index (χ1) is 12.2. The molecule has 0 aromatic heterocycles. The molecule has 0 fully saturated rings. The monoisotopic (exact) mass is 332 g/mol. The molecule has 0 atom stereocenters. The molecule has 3 aromatic carbocycles. The Kier molecular flexibility index (Phi) is 5.32. The summed E-state index contributed by atoms with van der Waals surface area (Å²) in [6, 6.07) is 24.7. The fourth-order valence-electron chi connectivity index (χ4n) is 2.29. The summed E-state index contributed by atoms with van der Waals surface area (Å²) in [7, 11) is 0. The Balaban J connectivity index is 1.49. The molecule has 2 amide bonds. The van der Waals surface area contributed by atoms with Gasteiger partial charge < -0.3 is 15.4 Å². The lowest BCUT2D eigenvalue weighted by Gasteiger charge is -2.09. The second-order valence-corrected chi connectivity index (χ2v) is 5.73. The first kappa shape index (κ1) is 16.6. The van der Waals surface area contributed by atoms with E-state index in [1.54, 1.807) is 0 Å². The Morgan fingerprint density at radius 1 is 0.840 bits per heavy atom. The summed E-state index contributed by atoms with van der Waals surface area (Å²) in [6.07, 6.45) is 0. The molecular formula is C21H20N2O2. The number of para-hydroxylation sites is 1. The van der Waals surface area contributed by atoms with Gasteiger partial charge in [0.25, 0.3) is 0 Å². The summed E-state index contributed by atoms with van der Waals surface area (Å²) < 4.78 is 5.75. The normalized spacial score (nSPS) is 10.1. The average Bonchev–Trinajstić information content (AvgIpc) is 2.64. The van der Waals surface area contributed by atoms with E-state index in [1.165, 1.54) is 0 Å². The third-order valence-electron chi connectivity index (χ3n) is 3.66. The first-order valence-electron chi connectivity index (χ1n) is 8.12. The van der Waals surface area contributed by atoms with Crippen LogP contribution in [0, 0.1) is 6.92 Å². The van der Waals surface area contributed by atoms with Crippen LogP contribution in [0.5, 0.6) is 11.5 Å². The molecule has 4 nitrogen and oxygen atoms in total. The molecule has 0 bridgehead atoms. The van der Waals surface area contributed by atoms with Crippen LogP contribution >= 0.6 is 0 Å². The molecule has 0 unspecified atom stereocenters. The van der Waals surface area contributed by atoms with E-state index in [2.05, 4.69) is 10.6 Å². The van der Waals surface area contributed by atoms with Crippen molar-refractivity contribution < 1.29 is 9.53 Å². The van der Waals surface area contributed by atoms with Gasteiger partial charge in [0.2, 0.25) is 0 Å². The second kappa shape index (κ2) is 8.02. The number of nitrogens with one attached hydrogen (secondary N) is 2. The number of hydrogen-bond donors (Lipinski definition) is 2. The summed E-state index contributed by atoms with van der Waals surface area (Å²) in [6.45, 7) is 2.46. The molecule has 0 saturated carbocycles. The van der Waals surface area contributed by atoms with Crippen LogP contribution in [0.15, 0.2) is 78.9 Å². The summed E-state index contributed by atoms with van der Waals surface area (Å²) in [5, 5.41) is 5.65. The minimum absolute atomic E-state index is 0.228. The smallest absolute Gasteiger partial charge is 0.319 e. The molecular weight excluding hydrogens is 312 g/mol. The standard InChI is InChI=1S/C21H20N2O2/c1-16-7-11-18(12-8-16)23-21(24)22-15-17-9-13-20(14-10-17)25-19-5-3-2-4-6-19/h2-14H,15H2,1H3,(H2,22,23,24). The molecule has 0 spiro atoms. The van der Waals surface area contributed by atoms with Crippen LogP contribution in [0.4, 0.5) is 10.5 Å². The third-order valence-corrected chi connectivity index (χ3v) is 3.66. The van der Waals surface area contributed by atoms with Crippen LogP contribution in [-0.4, -0.2) is 6.03 Å². The lowest BCUT2D eigenvalue weighted by Crippen LogP contribution is -2.28. The Morgan fingerprint density at radius 2 is 1.48 bits per heavy atom. The number of carbonyl (C=O) groups excluding carboxylic acids is 1. The molecule has 0 heterocycles. The molecule has 0 aliphatic heterocycles. The van der Waals surface area contributed by atoms with Gasteiger partial charge in [0.05, 0.1) is 0 Å². The van der Waals surface area contributed by atoms with Gasteiger partial charge >= 0.3 is 6.03 Å². The summed E-state index contributed by atoms with van der Waals surface area (Å²) in [5.74, 6) is 1.56. The topological polar surface area (TPSA) is 50.4 Å². The van der Waals surface area contributed by atoms with Crippen molar-refractivity contribution in [1.82, 2.24) is 5.32 Å². The van der Waals surface area contributed by atoms with Gasteiger partial charge in [-0.15, -0.1) is 0 Å². The fraction of sp³-hybridized carbons (Fsp3) is 0.0952. The maximum absolute atomic E-state index is 11.9. The quantitative estimate of drug-likeness (QED) is 0.682. The minimum atomic E-state index is -0.228. The molecule has 4 heteroatoms. The van der Waals surface area contributed by atoms with Crippen molar-refractivity contribution in [3.05, 3.63) is 90.0 Å². The lowest BCUT2D eigenvalue weighted by atomic mass is 10.2. The highest BCUT2D eigenvalue weighted by molar-refractivity contribution is 5.89. The van der Waals surface area contributed by atoms with Gasteiger partial charge in [0, 0.05) is 12.2 Å². The van der Waals surface area contributed by atoms with Crippen molar-refractivity contribution in [3.8, 4) is 11.5 Å². The zero-order chi connectivity index (χ0) is 17.5. The number of aryl methyl sites for hydroxylation is 1. The minimum Gasteiger partial charge on any atom is -0.457 e. The zero-order valence-electron chi connectivity index (χ0n) is 14.0. The number of benzene rings is 3. The molecule has 25 heavy (non-hydrogen) atoms. The SMILES string of the molecule is Cc1ccc(NC(=O)NCc2ccc(Oc3ccccc3)cc2)cc1. The lowest BCUT2D eigenvalue weighted by molar-refractivity contribution is 0.251. The number of urea groups is 1. The molecule has 0 aliphatic carbocycles. The van der Waals surface area contributed by atoms with Crippen LogP contribution in [0.25, 0.3) is 0 Å². The molecule has 2 N–H and O–H groups in total. The van der Waals surface area contributed by atoms with Gasteiger partial charge in [0.15, 0.2) is 0 Å². The van der Waals surface area contributed by atoms with Gasteiger partial charge in [-0.1, -0.05) is 48.0 Å². The molecule has 3 aromatic rings.